The van der Waals surface area contributed by atoms with Gasteiger partial charge < -0.3 is 10.6 Å². The maximum absolute atomic E-state index is 12.6. The number of carbonyl (C=O) groups excluding carboxylic acids is 2. The van der Waals surface area contributed by atoms with E-state index in [1.165, 1.54) is 6.42 Å². The fraction of sp³-hybridized carbons (Fsp3) is 0.364. The minimum absolute atomic E-state index is 0.0868. The average Bonchev–Trinajstić information content (AvgIpc) is 2.62. The number of nitrogens with zero attached hydrogens (tertiary/aromatic N) is 1. The maximum atomic E-state index is 12.6. The van der Waals surface area contributed by atoms with Gasteiger partial charge >= 0.3 is 0 Å². The van der Waals surface area contributed by atoms with Gasteiger partial charge in [0.05, 0.1) is 17.8 Å². The Hall–Kier alpha value is -2.66. The Kier molecular flexibility index (Phi) is 6.24. The highest BCUT2D eigenvalue weighted by molar-refractivity contribution is 6.10. The van der Waals surface area contributed by atoms with Gasteiger partial charge in [0.25, 0.3) is 5.91 Å². The van der Waals surface area contributed by atoms with Gasteiger partial charge in [-0.25, -0.2) is 0 Å². The third kappa shape index (κ3) is 5.41. The number of benzene rings is 2. The molecule has 5 heteroatoms. The first-order valence-electron chi connectivity index (χ1n) is 9.49. The van der Waals surface area contributed by atoms with Crippen LogP contribution in [0.4, 0.5) is 11.4 Å². The van der Waals surface area contributed by atoms with Gasteiger partial charge in [-0.2, -0.15) is 0 Å². The fourth-order valence-corrected chi connectivity index (χ4v) is 3.82. The van der Waals surface area contributed by atoms with Crippen LogP contribution < -0.4 is 10.6 Å². The monoisotopic (exact) mass is 365 g/mol. The first kappa shape index (κ1) is 19.1. The van der Waals surface area contributed by atoms with Crippen molar-refractivity contribution in [2.45, 2.75) is 20.3 Å². The molecule has 2 aromatic rings. The predicted molar refractivity (Wildman–Crippen MR) is 109 cm³/mol. The lowest BCUT2D eigenvalue weighted by Gasteiger charge is -2.34. The second-order valence-corrected chi connectivity index (χ2v) is 7.55. The van der Waals surface area contributed by atoms with Crippen LogP contribution in [0.3, 0.4) is 0 Å². The molecule has 27 heavy (non-hydrogen) atoms. The number of likely N-dealkylation sites (tertiary alicyclic amines) is 1. The minimum Gasteiger partial charge on any atom is -0.324 e. The Labute approximate surface area is 160 Å². The molecule has 2 N–H and O–H groups in total. The lowest BCUT2D eigenvalue weighted by Crippen LogP contribution is -2.43. The number of nitrogens with one attached hydrogen (secondary N) is 2. The number of amides is 2. The third-order valence-electron chi connectivity index (χ3n) is 4.79. The van der Waals surface area contributed by atoms with Gasteiger partial charge in [-0.3, -0.25) is 14.5 Å². The van der Waals surface area contributed by atoms with E-state index in [9.17, 15) is 9.59 Å². The molecule has 1 aliphatic rings. The fourth-order valence-electron chi connectivity index (χ4n) is 3.82. The van der Waals surface area contributed by atoms with Gasteiger partial charge in [0, 0.05) is 18.8 Å². The standard InChI is InChI=1S/C22H27N3O2/c1-16-12-17(2)14-25(13-16)15-21(26)24-20-11-7-6-10-19(20)22(27)23-18-8-4-3-5-9-18/h3-11,16-17H,12-15H2,1-2H3,(H,23,27)(H,24,26)/t16-,17-/m0/s1. The number of para-hydroxylation sites is 2. The summed E-state index contributed by atoms with van der Waals surface area (Å²) in [6.45, 7) is 6.68. The van der Waals surface area contributed by atoms with Gasteiger partial charge in [-0.15, -0.1) is 0 Å². The highest BCUT2D eigenvalue weighted by Gasteiger charge is 2.23. The van der Waals surface area contributed by atoms with Gasteiger partial charge in [-0.05, 0) is 42.5 Å². The molecule has 0 unspecified atom stereocenters. The van der Waals surface area contributed by atoms with Crippen molar-refractivity contribution in [3.8, 4) is 0 Å². The Morgan fingerprint density at radius 1 is 0.926 bits per heavy atom. The summed E-state index contributed by atoms with van der Waals surface area (Å²) in [4.78, 5) is 27.4. The molecule has 1 saturated heterocycles. The van der Waals surface area contributed by atoms with Crippen LogP contribution in [0.1, 0.15) is 30.6 Å². The quantitative estimate of drug-likeness (QED) is 0.846. The largest absolute Gasteiger partial charge is 0.324 e. The van der Waals surface area contributed by atoms with Gasteiger partial charge in [0.1, 0.15) is 0 Å². The highest BCUT2D eigenvalue weighted by atomic mass is 16.2. The van der Waals surface area contributed by atoms with Gasteiger partial charge in [0.2, 0.25) is 5.91 Å². The summed E-state index contributed by atoms with van der Waals surface area (Å²) in [5.41, 5.74) is 1.71. The van der Waals surface area contributed by atoms with Crippen molar-refractivity contribution in [2.24, 2.45) is 11.8 Å². The molecule has 3 rings (SSSR count). The summed E-state index contributed by atoms with van der Waals surface area (Å²) >= 11 is 0. The molecule has 0 radical (unpaired) electrons. The number of carbonyl (C=O) groups is 2. The molecule has 0 aromatic heterocycles. The summed E-state index contributed by atoms with van der Waals surface area (Å²) < 4.78 is 0. The zero-order chi connectivity index (χ0) is 19.2. The molecule has 2 aromatic carbocycles. The van der Waals surface area contributed by atoms with Crippen molar-refractivity contribution in [1.82, 2.24) is 4.90 Å². The van der Waals surface area contributed by atoms with Crippen LogP contribution in [-0.2, 0) is 4.79 Å². The molecule has 2 atom stereocenters. The third-order valence-corrected chi connectivity index (χ3v) is 4.79. The summed E-state index contributed by atoms with van der Waals surface area (Å²) in [5.74, 6) is 0.879. The lowest BCUT2D eigenvalue weighted by molar-refractivity contribution is -0.117. The zero-order valence-electron chi connectivity index (χ0n) is 15.9. The van der Waals surface area contributed by atoms with Crippen LogP contribution in [-0.4, -0.2) is 36.3 Å². The Bertz CT molecular complexity index is 781. The van der Waals surface area contributed by atoms with Gasteiger partial charge in [0.15, 0.2) is 0 Å². The summed E-state index contributed by atoms with van der Waals surface area (Å²) in [5, 5.41) is 5.78. The van der Waals surface area contributed by atoms with Crippen LogP contribution in [0.5, 0.6) is 0 Å². The van der Waals surface area contributed by atoms with Crippen LogP contribution in [0.15, 0.2) is 54.6 Å². The van der Waals surface area contributed by atoms with E-state index in [1.54, 1.807) is 18.2 Å². The number of piperidine rings is 1. The minimum atomic E-state index is -0.239. The first-order valence-corrected chi connectivity index (χ1v) is 9.49. The molecule has 0 spiro atoms. The van der Waals surface area contributed by atoms with E-state index in [1.807, 2.05) is 36.4 Å². The van der Waals surface area contributed by atoms with E-state index in [2.05, 4.69) is 29.4 Å². The number of anilines is 2. The molecule has 2 amide bonds. The van der Waals surface area contributed by atoms with E-state index in [0.29, 0.717) is 29.6 Å². The molecule has 5 nitrogen and oxygen atoms in total. The Morgan fingerprint density at radius 3 is 2.26 bits per heavy atom. The normalized spacial score (nSPS) is 20.1. The molecule has 142 valence electrons. The van der Waals surface area contributed by atoms with Crippen molar-refractivity contribution in [3.63, 3.8) is 0 Å². The molecular weight excluding hydrogens is 338 g/mol. The maximum Gasteiger partial charge on any atom is 0.257 e. The Morgan fingerprint density at radius 2 is 1.56 bits per heavy atom. The molecule has 0 bridgehead atoms. The molecule has 1 aliphatic heterocycles. The SMILES string of the molecule is C[C@H]1C[C@H](C)CN(CC(=O)Nc2ccccc2C(=O)Nc2ccccc2)C1. The molecule has 1 heterocycles. The molecular formula is C22H27N3O2. The Balaban J connectivity index is 1.65. The molecule has 1 fully saturated rings. The van der Waals surface area contributed by atoms with Crippen molar-refractivity contribution in [3.05, 3.63) is 60.2 Å². The predicted octanol–water partition coefficient (Wildman–Crippen LogP) is 3.86. The number of hydrogen-bond acceptors (Lipinski definition) is 3. The average molecular weight is 365 g/mol. The van der Waals surface area contributed by atoms with Crippen LogP contribution in [0.25, 0.3) is 0 Å². The smallest absolute Gasteiger partial charge is 0.257 e. The topological polar surface area (TPSA) is 61.4 Å². The van der Waals surface area contributed by atoms with Crippen molar-refractivity contribution < 1.29 is 9.59 Å². The molecule has 0 saturated carbocycles. The zero-order valence-corrected chi connectivity index (χ0v) is 15.9. The highest BCUT2D eigenvalue weighted by Crippen LogP contribution is 2.21. The summed E-state index contributed by atoms with van der Waals surface area (Å²) in [6, 6.07) is 16.4. The summed E-state index contributed by atoms with van der Waals surface area (Å²) in [7, 11) is 0. The lowest BCUT2D eigenvalue weighted by atomic mass is 9.92. The molecule has 0 aliphatic carbocycles. The summed E-state index contributed by atoms with van der Waals surface area (Å²) in [6.07, 6.45) is 1.21. The van der Waals surface area contributed by atoms with E-state index in [-0.39, 0.29) is 11.8 Å². The number of rotatable bonds is 5. The second-order valence-electron chi connectivity index (χ2n) is 7.55. The van der Waals surface area contributed by atoms with Crippen LogP contribution in [0, 0.1) is 11.8 Å². The van der Waals surface area contributed by atoms with Crippen LogP contribution >= 0.6 is 0 Å². The van der Waals surface area contributed by atoms with E-state index >= 15 is 0 Å². The van der Waals surface area contributed by atoms with E-state index in [4.69, 9.17) is 0 Å². The number of hydrogen-bond donors (Lipinski definition) is 2. The van der Waals surface area contributed by atoms with Gasteiger partial charge in [-0.1, -0.05) is 44.2 Å². The van der Waals surface area contributed by atoms with Crippen molar-refractivity contribution in [2.75, 3.05) is 30.3 Å². The van der Waals surface area contributed by atoms with Crippen molar-refractivity contribution in [1.29, 1.82) is 0 Å². The van der Waals surface area contributed by atoms with Crippen molar-refractivity contribution >= 4 is 23.2 Å². The van der Waals surface area contributed by atoms with E-state index in [0.717, 1.165) is 18.8 Å². The van der Waals surface area contributed by atoms with E-state index < -0.39 is 0 Å². The second kappa shape index (κ2) is 8.82. The first-order chi connectivity index (χ1) is 13.0. The van der Waals surface area contributed by atoms with Crippen LogP contribution in [0.2, 0.25) is 0 Å².